The van der Waals surface area contributed by atoms with Gasteiger partial charge in [0.1, 0.15) is 0 Å². The first-order valence-electron chi connectivity index (χ1n) is 7.88. The number of H-pyrrole nitrogens is 1. The van der Waals surface area contributed by atoms with Gasteiger partial charge in [-0.3, -0.25) is 4.79 Å². The summed E-state index contributed by atoms with van der Waals surface area (Å²) in [4.78, 5) is 29.4. The number of carbonyl (C=O) groups excluding carboxylic acids is 2. The van der Waals surface area contributed by atoms with Gasteiger partial charge in [-0.2, -0.15) is 0 Å². The summed E-state index contributed by atoms with van der Waals surface area (Å²) in [6.07, 6.45) is 0.262. The molecule has 2 atom stereocenters. The SMILES string of the molecule is O=C([O-])[C@@H]1Cc2c([nH]c3ccccc23)[C@H]2c3ccccc3C(=O)N21. The van der Waals surface area contributed by atoms with Gasteiger partial charge in [-0.1, -0.05) is 36.4 Å². The fraction of sp³-hybridized carbons (Fsp3) is 0.158. The van der Waals surface area contributed by atoms with Crippen LogP contribution in [0.2, 0.25) is 0 Å². The molecule has 0 saturated heterocycles. The molecule has 3 heterocycles. The van der Waals surface area contributed by atoms with Crippen LogP contribution >= 0.6 is 0 Å². The lowest BCUT2D eigenvalue weighted by Crippen LogP contribution is -2.53. The summed E-state index contributed by atoms with van der Waals surface area (Å²) in [7, 11) is 0. The van der Waals surface area contributed by atoms with Gasteiger partial charge < -0.3 is 19.8 Å². The van der Waals surface area contributed by atoms with Crippen molar-refractivity contribution in [2.45, 2.75) is 18.5 Å². The topological polar surface area (TPSA) is 76.2 Å². The van der Waals surface area contributed by atoms with Gasteiger partial charge in [0, 0.05) is 28.6 Å². The molecule has 0 aliphatic carbocycles. The molecule has 24 heavy (non-hydrogen) atoms. The Balaban J connectivity index is 1.83. The van der Waals surface area contributed by atoms with Crippen LogP contribution < -0.4 is 5.11 Å². The summed E-state index contributed by atoms with van der Waals surface area (Å²) in [5.41, 5.74) is 4.25. The summed E-state index contributed by atoms with van der Waals surface area (Å²) >= 11 is 0. The molecule has 5 heteroatoms. The molecule has 0 unspecified atom stereocenters. The number of para-hydroxylation sites is 1. The maximum absolute atomic E-state index is 12.8. The van der Waals surface area contributed by atoms with Gasteiger partial charge in [0.2, 0.25) is 0 Å². The Morgan fingerprint density at radius 2 is 1.88 bits per heavy atom. The summed E-state index contributed by atoms with van der Waals surface area (Å²) < 4.78 is 0. The van der Waals surface area contributed by atoms with Gasteiger partial charge >= 0.3 is 0 Å². The number of carbonyl (C=O) groups is 2. The van der Waals surface area contributed by atoms with E-state index >= 15 is 0 Å². The van der Waals surface area contributed by atoms with Gasteiger partial charge in [-0.25, -0.2) is 0 Å². The Morgan fingerprint density at radius 1 is 1.12 bits per heavy atom. The summed E-state index contributed by atoms with van der Waals surface area (Å²) in [6.45, 7) is 0. The summed E-state index contributed by atoms with van der Waals surface area (Å²) in [5.74, 6) is -1.45. The molecule has 0 saturated carbocycles. The van der Waals surface area contributed by atoms with Gasteiger partial charge in [-0.15, -0.1) is 0 Å². The van der Waals surface area contributed by atoms with Crippen molar-refractivity contribution in [2.75, 3.05) is 0 Å². The van der Waals surface area contributed by atoms with Crippen molar-refractivity contribution in [3.63, 3.8) is 0 Å². The van der Waals surface area contributed by atoms with Crippen LogP contribution in [0.3, 0.4) is 0 Å². The minimum Gasteiger partial charge on any atom is -0.548 e. The van der Waals surface area contributed by atoms with E-state index in [-0.39, 0.29) is 12.3 Å². The number of carboxylic acids is 1. The van der Waals surface area contributed by atoms with E-state index in [1.54, 1.807) is 12.1 Å². The number of hydrogen-bond acceptors (Lipinski definition) is 3. The average molecular weight is 317 g/mol. The summed E-state index contributed by atoms with van der Waals surface area (Å²) in [5, 5.41) is 12.8. The predicted octanol–water partition coefficient (Wildman–Crippen LogP) is 1.39. The molecule has 1 aromatic heterocycles. The lowest BCUT2D eigenvalue weighted by Gasteiger charge is -2.38. The lowest BCUT2D eigenvalue weighted by atomic mass is 9.90. The Morgan fingerprint density at radius 3 is 2.71 bits per heavy atom. The zero-order chi connectivity index (χ0) is 16.4. The van der Waals surface area contributed by atoms with Crippen molar-refractivity contribution in [1.29, 1.82) is 0 Å². The highest BCUT2D eigenvalue weighted by Crippen LogP contribution is 2.46. The number of nitrogens with zero attached hydrogens (tertiary/aromatic N) is 1. The molecule has 0 fully saturated rings. The fourth-order valence-electron chi connectivity index (χ4n) is 4.12. The van der Waals surface area contributed by atoms with E-state index in [9.17, 15) is 14.7 Å². The number of aromatic amines is 1. The number of rotatable bonds is 1. The molecule has 5 nitrogen and oxygen atoms in total. The molecule has 5 rings (SSSR count). The quantitative estimate of drug-likeness (QED) is 0.737. The molecule has 0 bridgehead atoms. The molecule has 1 N–H and O–H groups in total. The van der Waals surface area contributed by atoms with Crippen molar-refractivity contribution in [3.8, 4) is 0 Å². The van der Waals surface area contributed by atoms with Crippen LogP contribution in [0.5, 0.6) is 0 Å². The van der Waals surface area contributed by atoms with Crippen molar-refractivity contribution in [1.82, 2.24) is 9.88 Å². The Hall–Kier alpha value is -3.08. The predicted molar refractivity (Wildman–Crippen MR) is 85.3 cm³/mol. The number of aliphatic carboxylic acids is 1. The highest BCUT2D eigenvalue weighted by atomic mass is 16.4. The molecule has 2 aromatic carbocycles. The van der Waals surface area contributed by atoms with Crippen LogP contribution in [0, 0.1) is 0 Å². The van der Waals surface area contributed by atoms with Gasteiger partial charge in [-0.05, 0) is 23.3 Å². The molecule has 2 aliphatic rings. The number of amides is 1. The third kappa shape index (κ3) is 1.53. The molecule has 1 amide bonds. The van der Waals surface area contributed by atoms with Crippen molar-refractivity contribution in [3.05, 3.63) is 70.9 Å². The highest BCUT2D eigenvalue weighted by Gasteiger charge is 2.46. The molecule has 0 radical (unpaired) electrons. The third-order valence-electron chi connectivity index (χ3n) is 5.12. The molecule has 118 valence electrons. The van der Waals surface area contributed by atoms with Crippen LogP contribution in [-0.2, 0) is 11.2 Å². The first kappa shape index (κ1) is 13.4. The fourth-order valence-corrected chi connectivity index (χ4v) is 4.12. The van der Waals surface area contributed by atoms with Crippen LogP contribution in [0.15, 0.2) is 48.5 Å². The number of fused-ring (bicyclic) bond motifs is 7. The first-order valence-corrected chi connectivity index (χ1v) is 7.88. The third-order valence-corrected chi connectivity index (χ3v) is 5.12. The monoisotopic (exact) mass is 317 g/mol. The van der Waals surface area contributed by atoms with E-state index in [1.165, 1.54) is 4.90 Å². The van der Waals surface area contributed by atoms with Crippen LogP contribution in [0.4, 0.5) is 0 Å². The van der Waals surface area contributed by atoms with Crippen molar-refractivity contribution in [2.24, 2.45) is 0 Å². The number of nitrogens with one attached hydrogen (secondary N) is 1. The average Bonchev–Trinajstić information content (AvgIpc) is 3.11. The smallest absolute Gasteiger partial charge is 0.255 e. The van der Waals surface area contributed by atoms with Crippen LogP contribution in [-0.4, -0.2) is 27.8 Å². The molecule has 3 aromatic rings. The maximum atomic E-state index is 12.8. The molecular formula is C19H13N2O3-. The molecule has 0 spiro atoms. The second-order valence-electron chi connectivity index (χ2n) is 6.30. The van der Waals surface area contributed by atoms with Gasteiger partial charge in [0.25, 0.3) is 5.91 Å². The van der Waals surface area contributed by atoms with E-state index in [4.69, 9.17) is 0 Å². The standard InChI is InChI=1S/C19H14N2O3/c22-18-12-7-2-1-6-11(12)17-16-13(9-15(19(23)24)21(17)18)10-5-3-4-8-14(10)20-16/h1-8,15,17,20H,9H2,(H,23,24)/p-1/t15-,17+/m0/s1. The second-order valence-corrected chi connectivity index (χ2v) is 6.30. The van der Waals surface area contributed by atoms with Crippen molar-refractivity contribution >= 4 is 22.8 Å². The van der Waals surface area contributed by atoms with Gasteiger partial charge in [0.05, 0.1) is 18.1 Å². The largest absolute Gasteiger partial charge is 0.548 e. The minimum atomic E-state index is -1.21. The lowest BCUT2D eigenvalue weighted by molar-refractivity contribution is -0.311. The first-order chi connectivity index (χ1) is 11.7. The van der Waals surface area contributed by atoms with Crippen LogP contribution in [0.25, 0.3) is 10.9 Å². The Labute approximate surface area is 137 Å². The van der Waals surface area contributed by atoms with E-state index in [0.717, 1.165) is 27.7 Å². The minimum absolute atomic E-state index is 0.242. The second kappa shape index (κ2) is 4.47. The summed E-state index contributed by atoms with van der Waals surface area (Å²) in [6, 6.07) is 13.8. The normalized spacial score (nSPS) is 21.5. The number of benzene rings is 2. The van der Waals surface area contributed by atoms with E-state index in [0.29, 0.717) is 5.56 Å². The van der Waals surface area contributed by atoms with E-state index in [2.05, 4.69) is 4.98 Å². The zero-order valence-corrected chi connectivity index (χ0v) is 12.7. The molecule has 2 aliphatic heterocycles. The number of carboxylic acid groups (broad SMARTS) is 1. The van der Waals surface area contributed by atoms with E-state index in [1.807, 2.05) is 36.4 Å². The Bertz CT molecular complexity index is 1020. The van der Waals surface area contributed by atoms with Gasteiger partial charge in [0.15, 0.2) is 0 Å². The van der Waals surface area contributed by atoms with E-state index < -0.39 is 18.1 Å². The molecular weight excluding hydrogens is 304 g/mol. The number of aromatic nitrogens is 1. The number of hydrogen-bond donors (Lipinski definition) is 1. The highest BCUT2D eigenvalue weighted by molar-refractivity contribution is 6.03. The maximum Gasteiger partial charge on any atom is 0.255 e. The van der Waals surface area contributed by atoms with Crippen LogP contribution in [0.1, 0.15) is 33.2 Å². The Kier molecular flexibility index (Phi) is 2.49. The zero-order valence-electron chi connectivity index (χ0n) is 12.7. The van der Waals surface area contributed by atoms with Crippen molar-refractivity contribution < 1.29 is 14.7 Å².